The average molecular weight is 277 g/mol. The van der Waals surface area contributed by atoms with E-state index in [1.165, 1.54) is 6.42 Å². The van der Waals surface area contributed by atoms with Crippen molar-refractivity contribution in [3.63, 3.8) is 0 Å². The van der Waals surface area contributed by atoms with Gasteiger partial charge in [-0.25, -0.2) is 8.42 Å². The molecular formula is C14H31NO2S. The summed E-state index contributed by atoms with van der Waals surface area (Å²) < 4.78 is 24.0. The summed E-state index contributed by atoms with van der Waals surface area (Å²) in [5.41, 5.74) is 0. The maximum atomic E-state index is 12.0. The first kappa shape index (κ1) is 17.9. The summed E-state index contributed by atoms with van der Waals surface area (Å²) in [6, 6.07) is 0.400. The fraction of sp³-hybridized carbons (Fsp3) is 1.00. The Hall–Kier alpha value is -0.0900. The van der Waals surface area contributed by atoms with E-state index in [1.54, 1.807) is 0 Å². The van der Waals surface area contributed by atoms with E-state index in [9.17, 15) is 8.42 Å². The van der Waals surface area contributed by atoms with Crippen molar-refractivity contribution in [3.05, 3.63) is 0 Å². The van der Waals surface area contributed by atoms with Crippen LogP contribution in [0.4, 0.5) is 0 Å². The van der Waals surface area contributed by atoms with Crippen molar-refractivity contribution < 1.29 is 8.42 Å². The predicted octanol–water partition coefficient (Wildman–Crippen LogP) is 2.86. The minimum atomic E-state index is -2.95. The fourth-order valence-electron chi connectivity index (χ4n) is 1.73. The lowest BCUT2D eigenvalue weighted by atomic mass is 10.0. The lowest BCUT2D eigenvalue weighted by Gasteiger charge is -2.18. The highest BCUT2D eigenvalue weighted by molar-refractivity contribution is 7.92. The van der Waals surface area contributed by atoms with Gasteiger partial charge in [-0.1, -0.05) is 27.7 Å². The number of nitrogens with one attached hydrogen (secondary N) is 1. The van der Waals surface area contributed by atoms with Crippen LogP contribution in [0.1, 0.15) is 54.4 Å². The summed E-state index contributed by atoms with van der Waals surface area (Å²) >= 11 is 0. The maximum Gasteiger partial charge on any atom is 0.154 e. The second-order valence-corrected chi connectivity index (χ2v) is 8.62. The van der Waals surface area contributed by atoms with Gasteiger partial charge in [0.05, 0.1) is 11.0 Å². The van der Waals surface area contributed by atoms with Gasteiger partial charge in [-0.15, -0.1) is 0 Å². The summed E-state index contributed by atoms with van der Waals surface area (Å²) in [4.78, 5) is 0. The van der Waals surface area contributed by atoms with Gasteiger partial charge < -0.3 is 5.32 Å². The molecule has 0 aliphatic carbocycles. The van der Waals surface area contributed by atoms with E-state index < -0.39 is 9.84 Å². The molecule has 0 rings (SSSR count). The summed E-state index contributed by atoms with van der Waals surface area (Å²) in [6.45, 7) is 12.8. The van der Waals surface area contributed by atoms with Crippen molar-refractivity contribution in [2.45, 2.75) is 65.7 Å². The SMILES string of the molecule is CC(C)CCC(C)NCCS(=O)(=O)C(C)C(C)C. The molecule has 0 spiro atoms. The second kappa shape index (κ2) is 8.16. The van der Waals surface area contributed by atoms with Gasteiger partial charge in [-0.3, -0.25) is 0 Å². The Morgan fingerprint density at radius 1 is 0.944 bits per heavy atom. The van der Waals surface area contributed by atoms with Gasteiger partial charge in [-0.05, 0) is 38.5 Å². The Morgan fingerprint density at radius 2 is 1.50 bits per heavy atom. The van der Waals surface area contributed by atoms with Gasteiger partial charge in [0.15, 0.2) is 9.84 Å². The second-order valence-electron chi connectivity index (χ2n) is 6.14. The van der Waals surface area contributed by atoms with Crippen LogP contribution in [0.15, 0.2) is 0 Å². The van der Waals surface area contributed by atoms with Crippen LogP contribution in [0.25, 0.3) is 0 Å². The zero-order valence-corrected chi connectivity index (χ0v) is 13.7. The van der Waals surface area contributed by atoms with Gasteiger partial charge in [-0.2, -0.15) is 0 Å². The molecule has 2 atom stereocenters. The minimum absolute atomic E-state index is 0.188. The predicted molar refractivity (Wildman–Crippen MR) is 79.6 cm³/mol. The van der Waals surface area contributed by atoms with Gasteiger partial charge >= 0.3 is 0 Å². The Balaban J connectivity index is 3.97. The first-order valence-corrected chi connectivity index (χ1v) is 8.83. The van der Waals surface area contributed by atoms with Crippen LogP contribution < -0.4 is 5.32 Å². The van der Waals surface area contributed by atoms with Gasteiger partial charge in [0.2, 0.25) is 0 Å². The normalized spacial score (nSPS) is 16.2. The van der Waals surface area contributed by atoms with Crippen LogP contribution in [0, 0.1) is 11.8 Å². The molecule has 0 aromatic carbocycles. The van der Waals surface area contributed by atoms with E-state index in [2.05, 4.69) is 26.1 Å². The third-order valence-corrected chi connectivity index (χ3v) is 6.01. The monoisotopic (exact) mass is 277 g/mol. The maximum absolute atomic E-state index is 12.0. The molecule has 0 heterocycles. The summed E-state index contributed by atoms with van der Waals surface area (Å²) in [5.74, 6) is 1.14. The number of hydrogen-bond donors (Lipinski definition) is 1. The Kier molecular flexibility index (Phi) is 8.11. The summed E-state index contributed by atoms with van der Waals surface area (Å²) in [6.07, 6.45) is 2.29. The lowest BCUT2D eigenvalue weighted by molar-refractivity contribution is 0.458. The van der Waals surface area contributed by atoms with E-state index in [1.807, 2.05) is 20.8 Å². The van der Waals surface area contributed by atoms with Crippen LogP contribution in [0.2, 0.25) is 0 Å². The summed E-state index contributed by atoms with van der Waals surface area (Å²) in [7, 11) is -2.95. The fourth-order valence-corrected chi connectivity index (χ4v) is 3.34. The van der Waals surface area contributed by atoms with Crippen molar-refractivity contribution in [2.24, 2.45) is 11.8 Å². The van der Waals surface area contributed by atoms with Crippen molar-refractivity contribution in [3.8, 4) is 0 Å². The Morgan fingerprint density at radius 3 is 1.94 bits per heavy atom. The molecule has 0 aromatic heterocycles. The molecule has 0 fully saturated rings. The first-order valence-electron chi connectivity index (χ1n) is 7.11. The quantitative estimate of drug-likeness (QED) is 0.705. The van der Waals surface area contributed by atoms with E-state index in [4.69, 9.17) is 0 Å². The molecule has 1 N–H and O–H groups in total. The smallest absolute Gasteiger partial charge is 0.154 e. The number of rotatable bonds is 9. The van der Waals surface area contributed by atoms with Crippen molar-refractivity contribution in [1.29, 1.82) is 0 Å². The van der Waals surface area contributed by atoms with E-state index in [0.717, 1.165) is 6.42 Å². The molecule has 18 heavy (non-hydrogen) atoms. The van der Waals surface area contributed by atoms with Crippen LogP contribution >= 0.6 is 0 Å². The van der Waals surface area contributed by atoms with Crippen LogP contribution in [-0.2, 0) is 9.84 Å². The van der Waals surface area contributed by atoms with Gasteiger partial charge in [0, 0.05) is 12.6 Å². The van der Waals surface area contributed by atoms with Crippen LogP contribution in [0.3, 0.4) is 0 Å². The number of sulfone groups is 1. The standard InChI is InChI=1S/C14H31NO2S/c1-11(2)7-8-13(5)15-9-10-18(16,17)14(6)12(3)4/h11-15H,7-10H2,1-6H3. The lowest BCUT2D eigenvalue weighted by Crippen LogP contribution is -2.35. The highest BCUT2D eigenvalue weighted by Crippen LogP contribution is 2.12. The molecule has 0 bridgehead atoms. The molecule has 2 unspecified atom stereocenters. The Labute approximate surface area is 114 Å². The third kappa shape index (κ3) is 7.37. The van der Waals surface area contributed by atoms with E-state index in [0.29, 0.717) is 18.5 Å². The molecule has 0 aliphatic rings. The van der Waals surface area contributed by atoms with E-state index in [-0.39, 0.29) is 16.9 Å². The molecule has 0 saturated heterocycles. The molecule has 0 aromatic rings. The van der Waals surface area contributed by atoms with Gasteiger partial charge in [0.25, 0.3) is 0 Å². The van der Waals surface area contributed by atoms with Crippen molar-refractivity contribution in [2.75, 3.05) is 12.3 Å². The van der Waals surface area contributed by atoms with E-state index >= 15 is 0 Å². The molecule has 0 saturated carbocycles. The molecule has 4 heteroatoms. The molecule has 3 nitrogen and oxygen atoms in total. The minimum Gasteiger partial charge on any atom is -0.313 e. The molecule has 0 amide bonds. The van der Waals surface area contributed by atoms with Crippen LogP contribution in [-0.4, -0.2) is 32.0 Å². The van der Waals surface area contributed by atoms with Gasteiger partial charge in [0.1, 0.15) is 0 Å². The van der Waals surface area contributed by atoms with Crippen LogP contribution in [0.5, 0.6) is 0 Å². The Bertz CT molecular complexity index is 310. The molecule has 110 valence electrons. The topological polar surface area (TPSA) is 46.2 Å². The van der Waals surface area contributed by atoms with Crippen molar-refractivity contribution >= 4 is 9.84 Å². The first-order chi connectivity index (χ1) is 8.16. The number of hydrogen-bond acceptors (Lipinski definition) is 3. The molecular weight excluding hydrogens is 246 g/mol. The highest BCUT2D eigenvalue weighted by Gasteiger charge is 2.23. The molecule has 0 aliphatic heterocycles. The zero-order chi connectivity index (χ0) is 14.3. The van der Waals surface area contributed by atoms with Crippen molar-refractivity contribution in [1.82, 2.24) is 5.32 Å². The zero-order valence-electron chi connectivity index (χ0n) is 12.9. The average Bonchev–Trinajstić information content (AvgIpc) is 2.24. The molecule has 0 radical (unpaired) electrons. The summed E-state index contributed by atoms with van der Waals surface area (Å²) in [5, 5.41) is 3.06. The highest BCUT2D eigenvalue weighted by atomic mass is 32.2. The third-order valence-electron chi connectivity index (χ3n) is 3.56. The largest absolute Gasteiger partial charge is 0.313 e.